The molecule has 0 saturated carbocycles. The van der Waals surface area contributed by atoms with Crippen LogP contribution in [0.1, 0.15) is 88.2 Å². The van der Waals surface area contributed by atoms with Crippen LogP contribution in [0, 0.1) is 26.6 Å². The molecule has 0 radical (unpaired) electrons. The van der Waals surface area contributed by atoms with E-state index in [1.165, 1.54) is 18.2 Å². The second-order valence-electron chi connectivity index (χ2n) is 12.8. The van der Waals surface area contributed by atoms with Crippen molar-refractivity contribution in [2.24, 2.45) is 0 Å². The number of alkyl halides is 3. The molecule has 0 spiro atoms. The minimum atomic E-state index is -4.51. The van der Waals surface area contributed by atoms with Gasteiger partial charge in [-0.1, -0.05) is 0 Å². The van der Waals surface area contributed by atoms with E-state index in [9.17, 15) is 27.9 Å². The van der Waals surface area contributed by atoms with Crippen LogP contribution in [0.5, 0.6) is 5.75 Å². The van der Waals surface area contributed by atoms with Crippen molar-refractivity contribution in [3.05, 3.63) is 86.2 Å². The Morgan fingerprint density at radius 1 is 0.956 bits per heavy atom. The molecule has 3 aromatic rings. The number of halogens is 4. The lowest BCUT2D eigenvalue weighted by Crippen LogP contribution is -2.37. The summed E-state index contributed by atoms with van der Waals surface area (Å²) in [4.78, 5) is 27.9. The third kappa shape index (κ3) is 6.17. The molecule has 0 bridgehead atoms. The topological polar surface area (TPSA) is 76.1 Å². The molecule has 10 heteroatoms. The molecule has 1 N–H and O–H groups in total. The summed E-state index contributed by atoms with van der Waals surface area (Å²) < 4.78 is 66.7. The van der Waals surface area contributed by atoms with E-state index in [1.807, 2.05) is 20.8 Å². The molecular formula is C35H37F4NO5. The number of carbonyl (C=O) groups excluding carboxylic acids is 1. The molecule has 0 saturated heterocycles. The first kappa shape index (κ1) is 32.5. The molecule has 0 aromatic heterocycles. The summed E-state index contributed by atoms with van der Waals surface area (Å²) in [6.45, 7) is 11.7. The van der Waals surface area contributed by atoms with Crippen LogP contribution in [0.4, 0.5) is 17.6 Å². The molecule has 5 rings (SSSR count). The van der Waals surface area contributed by atoms with Crippen LogP contribution in [-0.2, 0) is 35.1 Å². The van der Waals surface area contributed by atoms with Crippen molar-refractivity contribution in [1.82, 2.24) is 4.90 Å². The number of carboxylic acid groups (broad SMARTS) is 1. The minimum Gasteiger partial charge on any atom is -0.490 e. The van der Waals surface area contributed by atoms with Crippen LogP contribution >= 0.6 is 0 Å². The van der Waals surface area contributed by atoms with Gasteiger partial charge in [-0.15, -0.1) is 0 Å². The average Bonchev–Trinajstić information content (AvgIpc) is 2.98. The summed E-state index contributed by atoms with van der Waals surface area (Å²) in [5, 5.41) is 10.5. The van der Waals surface area contributed by atoms with E-state index < -0.39 is 41.1 Å². The summed E-state index contributed by atoms with van der Waals surface area (Å²) >= 11 is 0. The van der Waals surface area contributed by atoms with Gasteiger partial charge in [-0.2, -0.15) is 13.2 Å². The predicted octanol–water partition coefficient (Wildman–Crippen LogP) is 7.90. The summed E-state index contributed by atoms with van der Waals surface area (Å²) in [7, 11) is 0. The van der Waals surface area contributed by atoms with Crippen molar-refractivity contribution in [1.29, 1.82) is 0 Å². The molecule has 45 heavy (non-hydrogen) atoms. The monoisotopic (exact) mass is 627 g/mol. The second kappa shape index (κ2) is 11.8. The standard InChI is InChI=1S/C35H37F4NO5/c1-18-24-8-7-15-44-30(24)27(36)16-25(18)28-20(3)26-17-40(32(41)21-9-11-22(12-10-21)35(37,38)39)14-13-23(26)19(2)29(28)31(33(42)43)45-34(4,5)6/h9-12,16,31H,7-8,13-15,17H2,1-6H3,(H,42,43)/t31-/m0/s1. The van der Waals surface area contributed by atoms with E-state index in [0.717, 1.165) is 40.8 Å². The van der Waals surface area contributed by atoms with Crippen LogP contribution in [0.15, 0.2) is 30.3 Å². The van der Waals surface area contributed by atoms with E-state index in [1.54, 1.807) is 25.7 Å². The molecule has 0 aliphatic carbocycles. The number of carboxylic acids is 1. The van der Waals surface area contributed by atoms with Crippen LogP contribution in [0.25, 0.3) is 11.1 Å². The lowest BCUT2D eigenvalue weighted by Gasteiger charge is -2.36. The van der Waals surface area contributed by atoms with Crippen molar-refractivity contribution in [2.75, 3.05) is 13.2 Å². The van der Waals surface area contributed by atoms with Gasteiger partial charge in [-0.3, -0.25) is 4.79 Å². The molecule has 1 atom stereocenters. The third-order valence-electron chi connectivity index (χ3n) is 8.71. The van der Waals surface area contributed by atoms with Gasteiger partial charge in [0.2, 0.25) is 0 Å². The number of aliphatic carboxylic acids is 1. The number of carbonyl (C=O) groups is 2. The summed E-state index contributed by atoms with van der Waals surface area (Å²) in [6, 6.07) is 5.53. The first-order valence-corrected chi connectivity index (χ1v) is 15.0. The maximum atomic E-state index is 15.6. The Labute approximate surface area is 260 Å². The molecule has 1 amide bonds. The SMILES string of the molecule is Cc1c(-c2c(C)c3c(c(C)c2[C@H](OC(C)(C)C)C(=O)O)CCN(C(=O)c2ccc(C(F)(F)F)cc2)C3)cc(F)c2c1CCCO2. The summed E-state index contributed by atoms with van der Waals surface area (Å²) in [5.41, 5.74) is 4.57. The highest BCUT2D eigenvalue weighted by Crippen LogP contribution is 2.46. The molecule has 240 valence electrons. The van der Waals surface area contributed by atoms with Gasteiger partial charge in [0.05, 0.1) is 17.8 Å². The molecule has 0 fully saturated rings. The lowest BCUT2D eigenvalue weighted by atomic mass is 9.78. The quantitative estimate of drug-likeness (QED) is 0.291. The van der Waals surface area contributed by atoms with Gasteiger partial charge in [-0.25, -0.2) is 9.18 Å². The van der Waals surface area contributed by atoms with Crippen molar-refractivity contribution in [3.63, 3.8) is 0 Å². The Hall–Kier alpha value is -3.92. The van der Waals surface area contributed by atoms with Crippen LogP contribution in [-0.4, -0.2) is 40.6 Å². The van der Waals surface area contributed by atoms with Gasteiger partial charge < -0.3 is 19.5 Å². The zero-order valence-corrected chi connectivity index (χ0v) is 26.2. The van der Waals surface area contributed by atoms with Crippen LogP contribution in [0.3, 0.4) is 0 Å². The van der Waals surface area contributed by atoms with Gasteiger partial charge in [0, 0.05) is 29.8 Å². The molecule has 2 aliphatic heterocycles. The van der Waals surface area contributed by atoms with Gasteiger partial charge in [0.25, 0.3) is 5.91 Å². The van der Waals surface area contributed by atoms with Gasteiger partial charge >= 0.3 is 12.1 Å². The van der Waals surface area contributed by atoms with E-state index >= 15 is 4.39 Å². The molecule has 0 unspecified atom stereocenters. The molecule has 6 nitrogen and oxygen atoms in total. The Balaban J connectivity index is 1.68. The number of ether oxygens (including phenoxy) is 2. The van der Waals surface area contributed by atoms with Gasteiger partial charge in [-0.05, 0) is 130 Å². The molecule has 2 aliphatic rings. The van der Waals surface area contributed by atoms with E-state index in [0.29, 0.717) is 47.3 Å². The molecule has 3 aromatic carbocycles. The van der Waals surface area contributed by atoms with Crippen LogP contribution < -0.4 is 4.74 Å². The van der Waals surface area contributed by atoms with Gasteiger partial charge in [0.15, 0.2) is 17.7 Å². The first-order valence-electron chi connectivity index (χ1n) is 15.0. The first-order chi connectivity index (χ1) is 21.0. The average molecular weight is 628 g/mol. The van der Waals surface area contributed by atoms with Crippen LogP contribution in [0.2, 0.25) is 0 Å². The summed E-state index contributed by atoms with van der Waals surface area (Å²) in [6.07, 6.45) is -4.14. The Morgan fingerprint density at radius 3 is 2.22 bits per heavy atom. The van der Waals surface area contributed by atoms with E-state index in [4.69, 9.17) is 9.47 Å². The fourth-order valence-corrected chi connectivity index (χ4v) is 6.56. The number of amides is 1. The van der Waals surface area contributed by atoms with E-state index in [2.05, 4.69) is 0 Å². The number of benzene rings is 3. The molecular weight excluding hydrogens is 590 g/mol. The minimum absolute atomic E-state index is 0.134. The van der Waals surface area contributed by atoms with Crippen molar-refractivity contribution in [3.8, 4) is 16.9 Å². The smallest absolute Gasteiger partial charge is 0.416 e. The van der Waals surface area contributed by atoms with Crippen molar-refractivity contribution < 1.29 is 41.7 Å². The second-order valence-corrected chi connectivity index (χ2v) is 12.8. The largest absolute Gasteiger partial charge is 0.490 e. The highest BCUT2D eigenvalue weighted by molar-refractivity contribution is 5.94. The highest BCUT2D eigenvalue weighted by Gasteiger charge is 2.37. The lowest BCUT2D eigenvalue weighted by molar-refractivity contribution is -0.160. The summed E-state index contributed by atoms with van der Waals surface area (Å²) in [5.74, 6) is -1.91. The Bertz CT molecular complexity index is 1670. The number of fused-ring (bicyclic) bond motifs is 2. The number of nitrogens with zero attached hydrogens (tertiary/aromatic N) is 1. The van der Waals surface area contributed by atoms with E-state index in [-0.39, 0.29) is 24.4 Å². The van der Waals surface area contributed by atoms with Crippen molar-refractivity contribution in [2.45, 2.75) is 85.2 Å². The fourth-order valence-electron chi connectivity index (χ4n) is 6.56. The predicted molar refractivity (Wildman–Crippen MR) is 161 cm³/mol. The van der Waals surface area contributed by atoms with Crippen molar-refractivity contribution >= 4 is 11.9 Å². The number of rotatable bonds is 5. The Kier molecular flexibility index (Phi) is 8.50. The highest BCUT2D eigenvalue weighted by atomic mass is 19.4. The zero-order valence-electron chi connectivity index (χ0n) is 26.2. The zero-order chi connectivity index (χ0) is 33.0. The Morgan fingerprint density at radius 2 is 1.62 bits per heavy atom. The van der Waals surface area contributed by atoms with Gasteiger partial charge in [0.1, 0.15) is 0 Å². The maximum absolute atomic E-state index is 15.6. The third-order valence-corrected chi connectivity index (χ3v) is 8.71. The maximum Gasteiger partial charge on any atom is 0.416 e. The number of hydrogen-bond acceptors (Lipinski definition) is 4. The normalized spacial score (nSPS) is 15.6. The number of hydrogen-bond donors (Lipinski definition) is 1. The molecule has 2 heterocycles. The fraction of sp³-hybridized carbons (Fsp3) is 0.429.